The van der Waals surface area contributed by atoms with Crippen LogP contribution in [0.3, 0.4) is 0 Å². The lowest BCUT2D eigenvalue weighted by Crippen LogP contribution is -2.49. The van der Waals surface area contributed by atoms with Crippen molar-refractivity contribution < 1.29 is 39.7 Å². The maximum Gasteiger partial charge on any atom is 0.420 e. The van der Waals surface area contributed by atoms with Crippen molar-refractivity contribution in [1.29, 1.82) is 5.26 Å². The predicted molar refractivity (Wildman–Crippen MR) is 107 cm³/mol. The fraction of sp³-hybridized carbons (Fsp3) is 0.300. The van der Waals surface area contributed by atoms with Crippen molar-refractivity contribution in [2.24, 2.45) is 0 Å². The number of alkyl halides is 3. The number of hydrogen-bond donors (Lipinski definition) is 1. The van der Waals surface area contributed by atoms with Crippen LogP contribution in [-0.2, 0) is 21.1 Å². The lowest BCUT2D eigenvalue weighted by Gasteiger charge is -2.34. The maximum absolute atomic E-state index is 15.1. The monoisotopic (exact) mass is 489 g/mol. The van der Waals surface area contributed by atoms with Crippen LogP contribution in [-0.4, -0.2) is 29.9 Å². The Balaban J connectivity index is 2.34. The zero-order valence-corrected chi connectivity index (χ0v) is 18.1. The van der Waals surface area contributed by atoms with Crippen LogP contribution in [0.2, 0.25) is 0 Å². The molecule has 0 spiro atoms. The molecule has 1 atom stereocenters. The third-order valence-corrected chi connectivity index (χ3v) is 6.23. The first-order valence-electron chi connectivity index (χ1n) is 9.18. The van der Waals surface area contributed by atoms with Gasteiger partial charge in [0.05, 0.1) is 17.3 Å². The highest BCUT2D eigenvalue weighted by atomic mass is 32.2. The molecule has 2 aromatic carbocycles. The number of aryl methyl sites for hydroxylation is 1. The second-order valence-corrected chi connectivity index (χ2v) is 9.26. The molecular formula is C20H16F5N3O4S. The molecule has 3 rings (SSSR count). The van der Waals surface area contributed by atoms with Crippen molar-refractivity contribution in [1.82, 2.24) is 0 Å². The number of halogens is 5. The number of carbonyl (C=O) groups excluding carboxylic acids is 1. The molecule has 0 saturated carbocycles. The van der Waals surface area contributed by atoms with Gasteiger partial charge < -0.3 is 4.90 Å². The van der Waals surface area contributed by atoms with Gasteiger partial charge in [-0.2, -0.15) is 26.9 Å². The number of rotatable bonds is 3. The zero-order valence-electron chi connectivity index (χ0n) is 17.3. The van der Waals surface area contributed by atoms with E-state index in [0.29, 0.717) is 12.1 Å². The standard InChI is InChI=1S/C20H16F5N3O4S/c1-10-4-6-12(8-13(10)21)28-18(33(30,31)32)27(17(29)19(28,2)3)14-7-5-11(9-26)15(16(14)22)20(23,24)25/h4-8,18H,1-3H3,(H,30,31,32). The van der Waals surface area contributed by atoms with Crippen LogP contribution < -0.4 is 9.80 Å². The lowest BCUT2D eigenvalue weighted by atomic mass is 10.0. The van der Waals surface area contributed by atoms with Crippen molar-refractivity contribution in [3.63, 3.8) is 0 Å². The second-order valence-electron chi connectivity index (χ2n) is 7.81. The fourth-order valence-corrected chi connectivity index (χ4v) is 4.82. The first-order valence-corrected chi connectivity index (χ1v) is 10.7. The van der Waals surface area contributed by atoms with E-state index in [1.54, 1.807) is 0 Å². The van der Waals surface area contributed by atoms with Crippen LogP contribution >= 0.6 is 0 Å². The highest BCUT2D eigenvalue weighted by Crippen LogP contribution is 2.44. The Labute approximate surface area is 185 Å². The molecule has 1 unspecified atom stereocenters. The van der Waals surface area contributed by atoms with E-state index in [1.165, 1.54) is 39.0 Å². The molecule has 2 aromatic rings. The summed E-state index contributed by atoms with van der Waals surface area (Å²) in [5.74, 6) is -4.05. The van der Waals surface area contributed by atoms with Crippen LogP contribution in [0.1, 0.15) is 30.5 Å². The highest BCUT2D eigenvalue weighted by molar-refractivity contribution is 7.86. The topological polar surface area (TPSA) is 102 Å². The molecule has 1 N–H and O–H groups in total. The van der Waals surface area contributed by atoms with Gasteiger partial charge in [0.1, 0.15) is 16.9 Å². The quantitative estimate of drug-likeness (QED) is 0.517. The molecule has 0 radical (unpaired) electrons. The van der Waals surface area contributed by atoms with Gasteiger partial charge in [-0.15, -0.1) is 0 Å². The highest BCUT2D eigenvalue weighted by Gasteiger charge is 2.58. The molecule has 1 fully saturated rings. The van der Waals surface area contributed by atoms with Crippen LogP contribution in [0.15, 0.2) is 30.3 Å². The number of anilines is 2. The Hall–Kier alpha value is -3.24. The average molecular weight is 489 g/mol. The van der Waals surface area contributed by atoms with E-state index in [2.05, 4.69) is 0 Å². The number of nitriles is 1. The first-order chi connectivity index (χ1) is 15.0. The van der Waals surface area contributed by atoms with E-state index in [-0.39, 0.29) is 16.2 Å². The number of nitrogens with zero attached hydrogens (tertiary/aromatic N) is 3. The molecule has 1 aliphatic rings. The molecule has 33 heavy (non-hydrogen) atoms. The molecule has 0 aromatic heterocycles. The molecule has 1 saturated heterocycles. The van der Waals surface area contributed by atoms with Gasteiger partial charge in [-0.3, -0.25) is 14.2 Å². The Bertz CT molecular complexity index is 1300. The van der Waals surface area contributed by atoms with Crippen molar-refractivity contribution >= 4 is 27.4 Å². The van der Waals surface area contributed by atoms with Gasteiger partial charge in [0, 0.05) is 5.69 Å². The Morgan fingerprint density at radius 1 is 1.15 bits per heavy atom. The molecule has 1 amide bonds. The van der Waals surface area contributed by atoms with E-state index in [4.69, 9.17) is 5.26 Å². The van der Waals surface area contributed by atoms with Gasteiger partial charge in [-0.1, -0.05) is 6.07 Å². The van der Waals surface area contributed by atoms with Crippen LogP contribution in [0.4, 0.5) is 33.3 Å². The van der Waals surface area contributed by atoms with E-state index in [9.17, 15) is 35.3 Å². The summed E-state index contributed by atoms with van der Waals surface area (Å²) in [7, 11) is -5.31. The second kappa shape index (κ2) is 7.67. The van der Waals surface area contributed by atoms with Gasteiger partial charge in [0.2, 0.25) is 5.50 Å². The minimum absolute atomic E-state index is 0.152. The Morgan fingerprint density at radius 3 is 2.24 bits per heavy atom. The average Bonchev–Trinajstić information content (AvgIpc) is 2.89. The van der Waals surface area contributed by atoms with Crippen LogP contribution in [0.25, 0.3) is 0 Å². The number of carbonyl (C=O) groups is 1. The largest absolute Gasteiger partial charge is 0.420 e. The Kier molecular flexibility index (Phi) is 5.67. The SMILES string of the molecule is Cc1ccc(N2C(S(=O)(=O)O)N(c3ccc(C#N)c(C(F)(F)F)c3F)C(=O)C2(C)C)cc1F. The molecule has 176 valence electrons. The molecule has 1 heterocycles. The first kappa shape index (κ1) is 24.4. The van der Waals surface area contributed by atoms with Gasteiger partial charge >= 0.3 is 16.3 Å². The molecule has 7 nitrogen and oxygen atoms in total. The van der Waals surface area contributed by atoms with E-state index < -0.39 is 61.7 Å². The number of benzene rings is 2. The summed E-state index contributed by atoms with van der Waals surface area (Å²) in [4.78, 5) is 14.1. The summed E-state index contributed by atoms with van der Waals surface area (Å²) in [5, 5.41) is 8.94. The number of amides is 1. The summed E-state index contributed by atoms with van der Waals surface area (Å²) in [6.07, 6.45) is -5.35. The van der Waals surface area contributed by atoms with Crippen LogP contribution in [0.5, 0.6) is 0 Å². The van der Waals surface area contributed by atoms with Gasteiger partial charge in [-0.05, 0) is 50.6 Å². The molecule has 0 bridgehead atoms. The van der Waals surface area contributed by atoms with E-state index in [0.717, 1.165) is 11.0 Å². The third-order valence-electron chi connectivity index (χ3n) is 5.27. The van der Waals surface area contributed by atoms with Gasteiger partial charge in [-0.25, -0.2) is 8.78 Å². The molecular weight excluding hydrogens is 473 g/mol. The summed E-state index contributed by atoms with van der Waals surface area (Å²) in [6, 6.07) is 5.79. The fourth-order valence-electron chi connectivity index (χ4n) is 3.69. The molecule has 1 aliphatic heterocycles. The Morgan fingerprint density at radius 2 is 1.76 bits per heavy atom. The predicted octanol–water partition coefficient (Wildman–Crippen LogP) is 3.97. The third kappa shape index (κ3) is 3.89. The maximum atomic E-state index is 15.1. The van der Waals surface area contributed by atoms with E-state index in [1.807, 2.05) is 0 Å². The lowest BCUT2D eigenvalue weighted by molar-refractivity contribution is -0.140. The smallest absolute Gasteiger partial charge is 0.322 e. The number of hydrogen-bond acceptors (Lipinski definition) is 5. The molecule has 13 heteroatoms. The van der Waals surface area contributed by atoms with Crippen molar-refractivity contribution in [2.45, 2.75) is 38.0 Å². The minimum Gasteiger partial charge on any atom is -0.322 e. The zero-order chi connectivity index (χ0) is 25.1. The van der Waals surface area contributed by atoms with E-state index >= 15 is 4.39 Å². The summed E-state index contributed by atoms with van der Waals surface area (Å²) >= 11 is 0. The van der Waals surface area contributed by atoms with Crippen molar-refractivity contribution in [3.05, 3.63) is 58.7 Å². The normalized spacial score (nSPS) is 18.5. The van der Waals surface area contributed by atoms with Crippen molar-refractivity contribution in [3.8, 4) is 6.07 Å². The summed E-state index contributed by atoms with van der Waals surface area (Å²) in [6.45, 7) is 3.77. The minimum atomic E-state index is -5.35. The molecule has 0 aliphatic carbocycles. The van der Waals surface area contributed by atoms with Gasteiger partial charge in [0.15, 0.2) is 5.82 Å². The van der Waals surface area contributed by atoms with Gasteiger partial charge in [0.25, 0.3) is 5.91 Å². The van der Waals surface area contributed by atoms with Crippen molar-refractivity contribution in [2.75, 3.05) is 9.80 Å². The summed E-state index contributed by atoms with van der Waals surface area (Å²) in [5.41, 5.74) is -8.54. The summed E-state index contributed by atoms with van der Waals surface area (Å²) < 4.78 is 104. The van der Waals surface area contributed by atoms with Crippen LogP contribution in [0, 0.1) is 29.9 Å².